The van der Waals surface area contributed by atoms with E-state index in [1.807, 2.05) is 38.1 Å². The van der Waals surface area contributed by atoms with Gasteiger partial charge in [-0.2, -0.15) is 0 Å². The van der Waals surface area contributed by atoms with E-state index in [4.69, 9.17) is 0 Å². The number of sulfonamides is 1. The second-order valence-corrected chi connectivity index (χ2v) is 12.1. The highest BCUT2D eigenvalue weighted by Gasteiger charge is 2.40. The molecule has 1 saturated carbocycles. The van der Waals surface area contributed by atoms with E-state index in [1.54, 1.807) is 17.0 Å². The molecular weight excluding hydrogens is 502 g/mol. The first-order valence-corrected chi connectivity index (χ1v) is 15.0. The van der Waals surface area contributed by atoms with E-state index in [0.717, 1.165) is 41.1 Å². The number of amides is 3. The van der Waals surface area contributed by atoms with Crippen LogP contribution >= 0.6 is 0 Å². The molecule has 9 heteroatoms. The van der Waals surface area contributed by atoms with Gasteiger partial charge in [-0.25, -0.2) is 12.7 Å². The molecule has 204 valence electrons. The maximum Gasteiger partial charge on any atom is 0.269 e. The van der Waals surface area contributed by atoms with Gasteiger partial charge in [-0.15, -0.1) is 0 Å². The molecule has 2 aromatic carbocycles. The van der Waals surface area contributed by atoms with Gasteiger partial charge in [0.15, 0.2) is 0 Å². The lowest BCUT2D eigenvalue weighted by Gasteiger charge is -2.33. The van der Waals surface area contributed by atoms with Crippen LogP contribution in [0.4, 0.5) is 0 Å². The maximum absolute atomic E-state index is 13.5. The molecular formula is C29H37N3O5S. The van der Waals surface area contributed by atoms with Gasteiger partial charge in [-0.1, -0.05) is 68.1 Å². The van der Waals surface area contributed by atoms with Crippen LogP contribution in [0.3, 0.4) is 0 Å². The van der Waals surface area contributed by atoms with Crippen molar-refractivity contribution in [1.82, 2.24) is 14.5 Å². The van der Waals surface area contributed by atoms with Gasteiger partial charge in [0.05, 0.1) is 5.56 Å². The molecule has 38 heavy (non-hydrogen) atoms. The number of hydrogen-bond donors (Lipinski definition) is 1. The molecule has 8 nitrogen and oxygen atoms in total. The average molecular weight is 540 g/mol. The Hall–Kier alpha value is -3.20. The van der Waals surface area contributed by atoms with Gasteiger partial charge >= 0.3 is 0 Å². The van der Waals surface area contributed by atoms with Crippen molar-refractivity contribution in [2.75, 3.05) is 6.54 Å². The number of aryl methyl sites for hydroxylation is 1. The van der Waals surface area contributed by atoms with Crippen LogP contribution in [-0.2, 0) is 26.2 Å². The highest BCUT2D eigenvalue weighted by Crippen LogP contribution is 2.30. The minimum Gasteiger partial charge on any atom is -0.352 e. The summed E-state index contributed by atoms with van der Waals surface area (Å²) < 4.78 is 26.6. The fraction of sp³-hybridized carbons (Fsp3) is 0.483. The summed E-state index contributed by atoms with van der Waals surface area (Å²) in [6, 6.07) is 13.5. The summed E-state index contributed by atoms with van der Waals surface area (Å²) in [5.41, 5.74) is 2.18. The third-order valence-electron chi connectivity index (χ3n) is 7.47. The fourth-order valence-corrected chi connectivity index (χ4v) is 6.93. The Morgan fingerprint density at radius 3 is 2.39 bits per heavy atom. The van der Waals surface area contributed by atoms with E-state index in [9.17, 15) is 22.8 Å². The van der Waals surface area contributed by atoms with Crippen molar-refractivity contribution in [2.24, 2.45) is 0 Å². The number of rotatable bonds is 10. The summed E-state index contributed by atoms with van der Waals surface area (Å²) in [6.45, 7) is 4.07. The minimum absolute atomic E-state index is 0.00255. The van der Waals surface area contributed by atoms with E-state index in [1.165, 1.54) is 18.6 Å². The van der Waals surface area contributed by atoms with Crippen molar-refractivity contribution in [1.29, 1.82) is 0 Å². The van der Waals surface area contributed by atoms with E-state index < -0.39 is 22.0 Å². The topological polar surface area (TPSA) is 104 Å². The molecule has 1 fully saturated rings. The zero-order chi connectivity index (χ0) is 27.3. The lowest BCUT2D eigenvalue weighted by Crippen LogP contribution is -2.51. The zero-order valence-electron chi connectivity index (χ0n) is 22.2. The van der Waals surface area contributed by atoms with Crippen LogP contribution < -0.4 is 5.32 Å². The van der Waals surface area contributed by atoms with Gasteiger partial charge in [-0.05, 0) is 50.3 Å². The molecule has 1 heterocycles. The van der Waals surface area contributed by atoms with Crippen LogP contribution in [0.25, 0.3) is 0 Å². The van der Waals surface area contributed by atoms with Gasteiger partial charge < -0.3 is 10.2 Å². The number of nitrogens with one attached hydrogen (secondary N) is 1. The molecule has 1 unspecified atom stereocenters. The Labute approximate surface area is 225 Å². The maximum atomic E-state index is 13.5. The molecule has 3 amide bonds. The Kier molecular flexibility index (Phi) is 8.87. The van der Waals surface area contributed by atoms with E-state index >= 15 is 0 Å². The number of nitrogens with zero attached hydrogens (tertiary/aromatic N) is 2. The van der Waals surface area contributed by atoms with Gasteiger partial charge in [0, 0.05) is 25.6 Å². The van der Waals surface area contributed by atoms with Crippen LogP contribution in [0.2, 0.25) is 0 Å². The van der Waals surface area contributed by atoms with E-state index in [2.05, 4.69) is 5.32 Å². The number of hydrogen-bond acceptors (Lipinski definition) is 5. The van der Waals surface area contributed by atoms with Crippen molar-refractivity contribution in [3.05, 3.63) is 65.2 Å². The highest BCUT2D eigenvalue weighted by atomic mass is 32.2. The summed E-state index contributed by atoms with van der Waals surface area (Å²) >= 11 is 0. The third kappa shape index (κ3) is 6.09. The van der Waals surface area contributed by atoms with Crippen molar-refractivity contribution < 1.29 is 22.8 Å². The van der Waals surface area contributed by atoms with Crippen LogP contribution in [0.1, 0.15) is 79.8 Å². The van der Waals surface area contributed by atoms with Crippen LogP contribution in [0.15, 0.2) is 53.4 Å². The fourth-order valence-electron chi connectivity index (χ4n) is 5.32. The number of carbonyl (C=O) groups excluding carboxylic acids is 3. The van der Waals surface area contributed by atoms with Crippen LogP contribution in [0, 0.1) is 6.92 Å². The normalized spacial score (nSPS) is 17.6. The smallest absolute Gasteiger partial charge is 0.269 e. The predicted molar refractivity (Wildman–Crippen MR) is 145 cm³/mol. The quantitative estimate of drug-likeness (QED) is 0.488. The van der Waals surface area contributed by atoms with Crippen molar-refractivity contribution in [3.63, 3.8) is 0 Å². The summed E-state index contributed by atoms with van der Waals surface area (Å²) in [7, 11) is -3.92. The molecule has 1 N–H and O–H groups in total. The summed E-state index contributed by atoms with van der Waals surface area (Å²) in [6.07, 6.45) is 5.93. The highest BCUT2D eigenvalue weighted by molar-refractivity contribution is 7.90. The van der Waals surface area contributed by atoms with Crippen LogP contribution in [0.5, 0.6) is 0 Å². The van der Waals surface area contributed by atoms with Gasteiger partial charge in [0.2, 0.25) is 11.8 Å². The largest absolute Gasteiger partial charge is 0.352 e. The first-order valence-electron chi connectivity index (χ1n) is 13.5. The summed E-state index contributed by atoms with van der Waals surface area (Å²) in [4.78, 5) is 41.2. The summed E-state index contributed by atoms with van der Waals surface area (Å²) in [5, 5.41) is 3.16. The molecule has 1 atom stereocenters. The molecule has 4 rings (SSSR count). The number of carbonyl (C=O) groups is 3. The van der Waals surface area contributed by atoms with Crippen LogP contribution in [-0.4, -0.2) is 54.0 Å². The van der Waals surface area contributed by atoms with Crippen molar-refractivity contribution in [2.45, 2.75) is 88.7 Å². The zero-order valence-corrected chi connectivity index (χ0v) is 23.0. The molecule has 1 aliphatic heterocycles. The van der Waals surface area contributed by atoms with Crippen molar-refractivity contribution >= 4 is 27.7 Å². The molecule has 2 aromatic rings. The first-order chi connectivity index (χ1) is 18.2. The monoisotopic (exact) mass is 539 g/mol. The lowest BCUT2D eigenvalue weighted by atomic mass is 9.95. The second-order valence-electron chi connectivity index (χ2n) is 10.3. The SMILES string of the molecule is CCC(C(=O)NC1CCCCC1)N(Cc1ccc(C)cc1)C(=O)CCCN1C(=O)c2ccccc2S1(=O)=O. The Balaban J connectivity index is 1.46. The van der Waals surface area contributed by atoms with E-state index in [-0.39, 0.29) is 54.2 Å². The number of benzene rings is 2. The van der Waals surface area contributed by atoms with Gasteiger partial charge in [-0.3, -0.25) is 14.4 Å². The Morgan fingerprint density at radius 1 is 1.05 bits per heavy atom. The molecule has 0 spiro atoms. The first kappa shape index (κ1) is 27.8. The van der Waals surface area contributed by atoms with Gasteiger partial charge in [0.1, 0.15) is 10.9 Å². The second kappa shape index (κ2) is 12.1. The van der Waals surface area contributed by atoms with Crippen molar-refractivity contribution in [3.8, 4) is 0 Å². The lowest BCUT2D eigenvalue weighted by molar-refractivity contribution is -0.141. The summed E-state index contributed by atoms with van der Waals surface area (Å²) in [5.74, 6) is -0.951. The standard InChI is InChI=1S/C29H37N3O5S/c1-3-25(28(34)30-23-10-5-4-6-11-23)31(20-22-17-15-21(2)16-18-22)27(33)14-9-19-32-29(35)24-12-7-8-13-26(24)38(32,36)37/h7-8,12-13,15-18,23,25H,3-6,9-11,14,19-20H2,1-2H3,(H,30,34). The predicted octanol–water partition coefficient (Wildman–Crippen LogP) is 4.18. The van der Waals surface area contributed by atoms with E-state index in [0.29, 0.717) is 6.42 Å². The molecule has 0 radical (unpaired) electrons. The Bertz CT molecular complexity index is 1270. The molecule has 1 aliphatic carbocycles. The molecule has 0 aromatic heterocycles. The minimum atomic E-state index is -3.92. The van der Waals surface area contributed by atoms with Gasteiger partial charge in [0.25, 0.3) is 15.9 Å². The number of fused-ring (bicyclic) bond motifs is 1. The molecule has 0 bridgehead atoms. The molecule has 2 aliphatic rings. The third-order valence-corrected chi connectivity index (χ3v) is 9.32. The average Bonchev–Trinajstić information content (AvgIpc) is 3.10. The molecule has 0 saturated heterocycles. The Morgan fingerprint density at radius 2 is 1.74 bits per heavy atom.